The normalized spacial score (nSPS) is 12.7. The third-order valence-electron chi connectivity index (χ3n) is 5.82. The summed E-state index contributed by atoms with van der Waals surface area (Å²) in [5, 5.41) is 6.27. The van der Waals surface area contributed by atoms with Crippen LogP contribution in [0.2, 0.25) is 10.0 Å². The van der Waals surface area contributed by atoms with Gasteiger partial charge in [-0.3, -0.25) is 4.79 Å². The minimum atomic E-state index is -0.192. The molecule has 0 bridgehead atoms. The fourth-order valence-corrected chi connectivity index (χ4v) is 4.70. The van der Waals surface area contributed by atoms with Crippen LogP contribution < -0.4 is 5.56 Å². The fourth-order valence-electron chi connectivity index (χ4n) is 3.85. The lowest BCUT2D eigenvalue weighted by molar-refractivity contribution is 0.613. The van der Waals surface area contributed by atoms with Crippen molar-refractivity contribution < 1.29 is 0 Å². The molecule has 2 aromatic heterocycles. The molecule has 0 aliphatic heterocycles. The van der Waals surface area contributed by atoms with Gasteiger partial charge >= 0.3 is 0 Å². The van der Waals surface area contributed by atoms with Crippen molar-refractivity contribution in [2.24, 2.45) is 5.10 Å². The Morgan fingerprint density at radius 1 is 1.15 bits per heavy atom. The molecule has 0 aliphatic carbocycles. The van der Waals surface area contributed by atoms with E-state index in [0.717, 1.165) is 33.5 Å². The number of hydrogen-bond donors (Lipinski definition) is 0. The number of hydrogen-bond acceptors (Lipinski definition) is 3. The Balaban J connectivity index is 1.85. The number of aryl methyl sites for hydroxylation is 1. The first-order chi connectivity index (χ1) is 15.7. The molecule has 0 fully saturated rings. The minimum absolute atomic E-state index is 0.0724. The predicted molar refractivity (Wildman–Crippen MR) is 141 cm³/mol. The van der Waals surface area contributed by atoms with E-state index in [9.17, 15) is 4.79 Å². The van der Waals surface area contributed by atoms with Crippen LogP contribution in [0.5, 0.6) is 0 Å². The first-order valence-electron chi connectivity index (χ1n) is 10.6. The summed E-state index contributed by atoms with van der Waals surface area (Å²) in [5.74, 6) is 0.714. The van der Waals surface area contributed by atoms with Crippen molar-refractivity contribution in [1.29, 1.82) is 0 Å². The Bertz CT molecular complexity index is 1460. The standard InChI is InChI=1S/C25H23BrCl2N4O/c1-5-14(2)24-30-22-8-6-18(26)11-20(22)25(33)32(24)29-13-17-10-15(3)31(16(17)4)23-9-7-19(27)12-21(23)28/h6-14H,5H2,1-4H3/t14-/m0/s1. The third-order valence-corrected chi connectivity index (χ3v) is 6.85. The maximum atomic E-state index is 13.4. The molecule has 0 amide bonds. The molecule has 0 saturated heterocycles. The lowest BCUT2D eigenvalue weighted by Crippen LogP contribution is -2.23. The van der Waals surface area contributed by atoms with Gasteiger partial charge in [0, 0.05) is 32.4 Å². The van der Waals surface area contributed by atoms with Gasteiger partial charge in [0.05, 0.1) is 27.8 Å². The van der Waals surface area contributed by atoms with Crippen molar-refractivity contribution in [2.75, 3.05) is 0 Å². The molecule has 0 N–H and O–H groups in total. The van der Waals surface area contributed by atoms with Crippen molar-refractivity contribution in [2.45, 2.75) is 40.0 Å². The molecule has 0 aliphatic rings. The average Bonchev–Trinajstić information content (AvgIpc) is 3.06. The van der Waals surface area contributed by atoms with E-state index >= 15 is 0 Å². The van der Waals surface area contributed by atoms with Gasteiger partial charge < -0.3 is 4.57 Å². The molecule has 4 aromatic rings. The minimum Gasteiger partial charge on any atom is -0.316 e. The second kappa shape index (κ2) is 9.45. The van der Waals surface area contributed by atoms with E-state index in [0.29, 0.717) is 26.8 Å². The second-order valence-electron chi connectivity index (χ2n) is 8.06. The Hall–Kier alpha value is -2.41. The van der Waals surface area contributed by atoms with Crippen molar-refractivity contribution >= 4 is 56.2 Å². The molecule has 5 nitrogen and oxygen atoms in total. The van der Waals surface area contributed by atoms with Crippen LogP contribution in [0.1, 0.15) is 49.0 Å². The van der Waals surface area contributed by atoms with Gasteiger partial charge in [-0.2, -0.15) is 9.78 Å². The highest BCUT2D eigenvalue weighted by atomic mass is 79.9. The summed E-state index contributed by atoms with van der Waals surface area (Å²) in [6.45, 7) is 8.11. The lowest BCUT2D eigenvalue weighted by atomic mass is 10.1. The zero-order valence-corrected chi connectivity index (χ0v) is 21.8. The smallest absolute Gasteiger partial charge is 0.282 e. The van der Waals surface area contributed by atoms with E-state index in [1.807, 2.05) is 55.7 Å². The van der Waals surface area contributed by atoms with E-state index in [1.165, 1.54) is 4.68 Å². The quantitative estimate of drug-likeness (QED) is 0.247. The third kappa shape index (κ3) is 4.52. The maximum absolute atomic E-state index is 13.4. The first kappa shape index (κ1) is 23.7. The Morgan fingerprint density at radius 3 is 2.61 bits per heavy atom. The van der Waals surface area contributed by atoms with Crippen LogP contribution in [0.3, 0.4) is 0 Å². The molecular weight excluding hydrogens is 523 g/mol. The van der Waals surface area contributed by atoms with Crippen molar-refractivity contribution in [3.8, 4) is 5.69 Å². The summed E-state index contributed by atoms with van der Waals surface area (Å²) >= 11 is 16.0. The van der Waals surface area contributed by atoms with Gasteiger partial charge in [-0.1, -0.05) is 53.0 Å². The monoisotopic (exact) mass is 544 g/mol. The van der Waals surface area contributed by atoms with Crippen LogP contribution in [0, 0.1) is 13.8 Å². The highest BCUT2D eigenvalue weighted by Gasteiger charge is 2.17. The maximum Gasteiger partial charge on any atom is 0.282 e. The van der Waals surface area contributed by atoms with Gasteiger partial charge in [-0.05, 0) is 62.7 Å². The van der Waals surface area contributed by atoms with Crippen LogP contribution in [0.4, 0.5) is 0 Å². The number of aromatic nitrogens is 3. The molecule has 0 saturated carbocycles. The summed E-state index contributed by atoms with van der Waals surface area (Å²) < 4.78 is 4.29. The topological polar surface area (TPSA) is 52.2 Å². The summed E-state index contributed by atoms with van der Waals surface area (Å²) in [5.41, 5.74) is 4.14. The van der Waals surface area contributed by atoms with Gasteiger partial charge in [-0.25, -0.2) is 4.98 Å². The fraction of sp³-hybridized carbons (Fsp3) is 0.240. The molecular formula is C25H23BrCl2N4O. The molecule has 1 atom stereocenters. The van der Waals surface area contributed by atoms with E-state index in [4.69, 9.17) is 28.2 Å². The zero-order chi connectivity index (χ0) is 23.9. The number of nitrogens with zero attached hydrogens (tertiary/aromatic N) is 4. The Kier molecular flexibility index (Phi) is 6.80. The van der Waals surface area contributed by atoms with Crippen LogP contribution in [-0.2, 0) is 0 Å². The molecule has 2 aromatic carbocycles. The van der Waals surface area contributed by atoms with Gasteiger partial charge in [0.15, 0.2) is 0 Å². The summed E-state index contributed by atoms with van der Waals surface area (Å²) in [4.78, 5) is 18.1. The summed E-state index contributed by atoms with van der Waals surface area (Å²) in [6.07, 6.45) is 2.55. The Morgan fingerprint density at radius 2 is 1.91 bits per heavy atom. The van der Waals surface area contributed by atoms with Crippen LogP contribution in [-0.4, -0.2) is 20.4 Å². The van der Waals surface area contributed by atoms with Crippen LogP contribution in [0.15, 0.2) is 56.8 Å². The summed E-state index contributed by atoms with van der Waals surface area (Å²) in [7, 11) is 0. The highest BCUT2D eigenvalue weighted by Crippen LogP contribution is 2.28. The molecule has 4 rings (SSSR count). The van der Waals surface area contributed by atoms with E-state index in [-0.39, 0.29) is 11.5 Å². The molecule has 33 heavy (non-hydrogen) atoms. The number of rotatable bonds is 5. The van der Waals surface area contributed by atoms with Gasteiger partial charge in [0.25, 0.3) is 5.56 Å². The number of halogens is 3. The second-order valence-corrected chi connectivity index (χ2v) is 9.82. The first-order valence-corrected chi connectivity index (χ1v) is 12.2. The SMILES string of the molecule is CC[C@H](C)c1nc2ccc(Br)cc2c(=O)n1N=Cc1cc(C)n(-c2ccc(Cl)cc2Cl)c1C. The molecule has 170 valence electrons. The molecule has 0 unspecified atom stereocenters. The highest BCUT2D eigenvalue weighted by molar-refractivity contribution is 9.10. The van der Waals surface area contributed by atoms with Crippen molar-refractivity contribution in [1.82, 2.24) is 14.2 Å². The van der Waals surface area contributed by atoms with E-state index in [1.54, 1.807) is 18.3 Å². The van der Waals surface area contributed by atoms with Crippen molar-refractivity contribution in [3.05, 3.63) is 90.1 Å². The van der Waals surface area contributed by atoms with Gasteiger partial charge in [0.1, 0.15) is 5.82 Å². The van der Waals surface area contributed by atoms with E-state index < -0.39 is 0 Å². The summed E-state index contributed by atoms with van der Waals surface area (Å²) in [6, 6.07) is 13.0. The van der Waals surface area contributed by atoms with E-state index in [2.05, 4.69) is 28.0 Å². The predicted octanol–water partition coefficient (Wildman–Crippen LogP) is 7.27. The molecule has 2 heterocycles. The number of benzene rings is 2. The lowest BCUT2D eigenvalue weighted by Gasteiger charge is -2.14. The van der Waals surface area contributed by atoms with Gasteiger partial charge in [-0.15, -0.1) is 0 Å². The molecule has 0 radical (unpaired) electrons. The van der Waals surface area contributed by atoms with Crippen LogP contribution in [0.25, 0.3) is 16.6 Å². The Labute approximate surface area is 210 Å². The van der Waals surface area contributed by atoms with Crippen LogP contribution >= 0.6 is 39.1 Å². The van der Waals surface area contributed by atoms with Crippen molar-refractivity contribution in [3.63, 3.8) is 0 Å². The largest absolute Gasteiger partial charge is 0.316 e. The molecule has 8 heteroatoms. The average molecular weight is 546 g/mol. The molecule has 0 spiro atoms. The number of fused-ring (bicyclic) bond motifs is 1. The van der Waals surface area contributed by atoms with Gasteiger partial charge in [0.2, 0.25) is 0 Å². The zero-order valence-electron chi connectivity index (χ0n) is 18.7.